The number of nitrogen functional groups attached to an aromatic ring is 1. The van der Waals surface area contributed by atoms with Crippen LogP contribution in [0.25, 0.3) is 0 Å². The summed E-state index contributed by atoms with van der Waals surface area (Å²) in [6.45, 7) is 1.57. The maximum atomic E-state index is 12.5. The third-order valence-electron chi connectivity index (χ3n) is 2.04. The summed E-state index contributed by atoms with van der Waals surface area (Å²) in [5, 5.41) is 0. The predicted molar refractivity (Wildman–Crippen MR) is 54.7 cm³/mol. The number of benzene rings is 1. The molecule has 0 aliphatic carbocycles. The quantitative estimate of drug-likeness (QED) is 0.481. The van der Waals surface area contributed by atoms with Gasteiger partial charge in [0.25, 0.3) is 0 Å². The van der Waals surface area contributed by atoms with Gasteiger partial charge in [0.05, 0.1) is 0 Å². The minimum Gasteiger partial charge on any atom is -0.398 e. The summed E-state index contributed by atoms with van der Waals surface area (Å²) in [6.07, 6.45) is 0.532. The fourth-order valence-corrected chi connectivity index (χ4v) is 1.90. The molecule has 0 radical (unpaired) electrons. The fourth-order valence-electron chi connectivity index (χ4n) is 1.23. The Morgan fingerprint density at radius 2 is 2.07 bits per heavy atom. The summed E-state index contributed by atoms with van der Waals surface area (Å²) < 4.78 is 33.4. The lowest BCUT2D eigenvalue weighted by molar-refractivity contribution is 0.112. The van der Waals surface area contributed by atoms with Crippen LogP contribution >= 0.6 is 0 Å². The van der Waals surface area contributed by atoms with Gasteiger partial charge >= 0.3 is 10.2 Å². The number of aldehydes is 1. The molecule has 1 rings (SSSR count). The van der Waals surface area contributed by atoms with Crippen molar-refractivity contribution in [3.05, 3.63) is 28.8 Å². The number of nitrogens with two attached hydrogens (primary N) is 1. The van der Waals surface area contributed by atoms with Crippen molar-refractivity contribution in [2.45, 2.75) is 12.7 Å². The van der Waals surface area contributed by atoms with Gasteiger partial charge in [-0.05, 0) is 30.2 Å². The summed E-state index contributed by atoms with van der Waals surface area (Å²) in [4.78, 5) is 10.5. The van der Waals surface area contributed by atoms with Crippen molar-refractivity contribution in [3.8, 4) is 0 Å². The Bertz CT molecular complexity index is 496. The van der Waals surface area contributed by atoms with Crippen LogP contribution < -0.4 is 5.73 Å². The zero-order chi connectivity index (χ0) is 11.6. The highest BCUT2D eigenvalue weighted by Gasteiger charge is 2.13. The summed E-state index contributed by atoms with van der Waals surface area (Å²) in [7, 11) is -4.61. The molecule has 2 N–H and O–H groups in total. The topological polar surface area (TPSA) is 77.2 Å². The maximum absolute atomic E-state index is 12.5. The van der Waals surface area contributed by atoms with Gasteiger partial charge in [-0.25, -0.2) is 0 Å². The molecule has 0 fully saturated rings. The number of rotatable bonds is 3. The number of hydrogen-bond acceptors (Lipinski definition) is 4. The van der Waals surface area contributed by atoms with Crippen molar-refractivity contribution in [1.29, 1.82) is 0 Å². The molecule has 0 saturated carbocycles. The van der Waals surface area contributed by atoms with E-state index in [1.54, 1.807) is 6.92 Å². The normalized spacial score (nSPS) is 11.3. The molecular weight excluding hydrogens is 221 g/mol. The SMILES string of the molecule is Cc1c(N)cc(C=O)cc1CS(=O)(=O)F. The molecule has 0 aliphatic rings. The number of hydrogen-bond donors (Lipinski definition) is 1. The highest BCUT2D eigenvalue weighted by atomic mass is 32.3. The van der Waals surface area contributed by atoms with E-state index in [0.29, 0.717) is 11.8 Å². The minimum atomic E-state index is -4.61. The Labute approximate surface area is 87.1 Å². The van der Waals surface area contributed by atoms with Gasteiger partial charge in [-0.15, -0.1) is 3.89 Å². The third kappa shape index (κ3) is 3.02. The number of carbonyl (C=O) groups excluding carboxylic acids is 1. The second-order valence-electron chi connectivity index (χ2n) is 3.20. The highest BCUT2D eigenvalue weighted by molar-refractivity contribution is 7.85. The van der Waals surface area contributed by atoms with Crippen LogP contribution in [0.3, 0.4) is 0 Å². The summed E-state index contributed by atoms with van der Waals surface area (Å²) in [5.74, 6) is -0.759. The van der Waals surface area contributed by atoms with Gasteiger partial charge in [0, 0.05) is 11.3 Å². The molecule has 1 aromatic carbocycles. The average Bonchev–Trinajstić information content (AvgIpc) is 2.10. The van der Waals surface area contributed by atoms with Crippen molar-refractivity contribution >= 4 is 22.2 Å². The first-order valence-corrected chi connectivity index (χ1v) is 5.65. The molecule has 0 aliphatic heterocycles. The molecular formula is C9H10FNO3S. The molecule has 0 aromatic heterocycles. The number of carbonyl (C=O) groups is 1. The van der Waals surface area contributed by atoms with Crippen molar-refractivity contribution < 1.29 is 17.1 Å². The van der Waals surface area contributed by atoms with Crippen molar-refractivity contribution in [2.24, 2.45) is 0 Å². The first-order chi connectivity index (χ1) is 6.83. The molecule has 0 unspecified atom stereocenters. The lowest BCUT2D eigenvalue weighted by atomic mass is 10.0. The van der Waals surface area contributed by atoms with Gasteiger partial charge < -0.3 is 5.73 Å². The van der Waals surface area contributed by atoms with E-state index in [9.17, 15) is 17.1 Å². The summed E-state index contributed by atoms with van der Waals surface area (Å²) in [5.41, 5.74) is 6.73. The van der Waals surface area contributed by atoms with Crippen LogP contribution in [0.5, 0.6) is 0 Å². The van der Waals surface area contributed by atoms with Gasteiger partial charge in [0.1, 0.15) is 12.0 Å². The molecule has 82 valence electrons. The molecule has 1 aromatic rings. The Kier molecular flexibility index (Phi) is 3.09. The van der Waals surface area contributed by atoms with E-state index in [0.717, 1.165) is 0 Å². The van der Waals surface area contributed by atoms with Crippen molar-refractivity contribution in [2.75, 3.05) is 5.73 Å². The predicted octanol–water partition coefficient (Wildman–Crippen LogP) is 1.19. The average molecular weight is 231 g/mol. The number of anilines is 1. The third-order valence-corrected chi connectivity index (χ3v) is 2.70. The second kappa shape index (κ2) is 3.98. The van der Waals surface area contributed by atoms with Crippen LogP contribution in [0.1, 0.15) is 21.5 Å². The Hall–Kier alpha value is -1.43. The first-order valence-electron chi connectivity index (χ1n) is 4.10. The van der Waals surface area contributed by atoms with Crippen molar-refractivity contribution in [1.82, 2.24) is 0 Å². The Balaban J connectivity index is 3.28. The van der Waals surface area contributed by atoms with E-state index < -0.39 is 16.0 Å². The standard InChI is InChI=1S/C9H10FNO3S/c1-6-8(5-15(10,13)14)2-7(4-12)3-9(6)11/h2-4H,5,11H2,1H3. The van der Waals surface area contributed by atoms with E-state index >= 15 is 0 Å². The van der Waals surface area contributed by atoms with Crippen LogP contribution in [-0.2, 0) is 16.0 Å². The lowest BCUT2D eigenvalue weighted by Crippen LogP contribution is -2.03. The molecule has 15 heavy (non-hydrogen) atoms. The van der Waals surface area contributed by atoms with Crippen LogP contribution in [0.2, 0.25) is 0 Å². The van der Waals surface area contributed by atoms with Crippen LogP contribution in [-0.4, -0.2) is 14.7 Å². The molecule has 6 heteroatoms. The molecule has 0 heterocycles. The van der Waals surface area contributed by atoms with Gasteiger partial charge in [-0.1, -0.05) is 0 Å². The van der Waals surface area contributed by atoms with Crippen LogP contribution in [0.15, 0.2) is 12.1 Å². The van der Waals surface area contributed by atoms with E-state index in [1.807, 2.05) is 0 Å². The van der Waals surface area contributed by atoms with E-state index in [2.05, 4.69) is 0 Å². The fraction of sp³-hybridized carbons (Fsp3) is 0.222. The largest absolute Gasteiger partial charge is 0.398 e. The highest BCUT2D eigenvalue weighted by Crippen LogP contribution is 2.20. The molecule has 0 saturated heterocycles. The molecule has 0 amide bonds. The van der Waals surface area contributed by atoms with Crippen LogP contribution in [0.4, 0.5) is 9.57 Å². The molecule has 0 atom stereocenters. The minimum absolute atomic E-state index is 0.208. The van der Waals surface area contributed by atoms with E-state index in [1.165, 1.54) is 12.1 Å². The summed E-state index contributed by atoms with van der Waals surface area (Å²) >= 11 is 0. The molecule has 4 nitrogen and oxygen atoms in total. The second-order valence-corrected chi connectivity index (χ2v) is 4.56. The van der Waals surface area contributed by atoms with Crippen LogP contribution in [0, 0.1) is 6.92 Å². The maximum Gasteiger partial charge on any atom is 0.306 e. The monoisotopic (exact) mass is 231 g/mol. The first kappa shape index (κ1) is 11.6. The molecule has 0 bridgehead atoms. The zero-order valence-corrected chi connectivity index (χ0v) is 8.84. The van der Waals surface area contributed by atoms with E-state index in [-0.39, 0.29) is 16.8 Å². The Morgan fingerprint density at radius 1 is 1.47 bits per heavy atom. The lowest BCUT2D eigenvalue weighted by Gasteiger charge is -2.07. The number of halogens is 1. The Morgan fingerprint density at radius 3 is 2.53 bits per heavy atom. The van der Waals surface area contributed by atoms with E-state index in [4.69, 9.17) is 5.73 Å². The van der Waals surface area contributed by atoms with Crippen molar-refractivity contribution in [3.63, 3.8) is 0 Å². The van der Waals surface area contributed by atoms with Gasteiger partial charge in [0.2, 0.25) is 0 Å². The zero-order valence-electron chi connectivity index (χ0n) is 8.03. The smallest absolute Gasteiger partial charge is 0.306 e. The van der Waals surface area contributed by atoms with Gasteiger partial charge in [0.15, 0.2) is 0 Å². The van der Waals surface area contributed by atoms with Gasteiger partial charge in [-0.2, -0.15) is 8.42 Å². The molecule has 0 spiro atoms. The van der Waals surface area contributed by atoms with Gasteiger partial charge in [-0.3, -0.25) is 4.79 Å². The summed E-state index contributed by atoms with van der Waals surface area (Å²) in [6, 6.07) is 2.73.